The molecule has 0 saturated carbocycles. The van der Waals surface area contributed by atoms with E-state index in [0.29, 0.717) is 5.71 Å². The van der Waals surface area contributed by atoms with Crippen LogP contribution >= 0.6 is 0 Å². The van der Waals surface area contributed by atoms with E-state index in [1.54, 1.807) is 11.7 Å². The lowest BCUT2D eigenvalue weighted by Crippen LogP contribution is -2.25. The molecule has 0 saturated heterocycles. The Morgan fingerprint density at radius 1 is 1.62 bits per heavy atom. The van der Waals surface area contributed by atoms with Crippen LogP contribution < -0.4 is 5.48 Å². The molecule has 1 N–H and O–H groups in total. The number of aliphatic imine (C=N–C) groups is 1. The van der Waals surface area contributed by atoms with E-state index in [9.17, 15) is 4.79 Å². The monoisotopic (exact) mass is 180 g/mol. The van der Waals surface area contributed by atoms with E-state index >= 15 is 0 Å². The van der Waals surface area contributed by atoms with Crippen molar-refractivity contribution in [2.45, 2.75) is 13.8 Å². The first kappa shape index (κ1) is 10.9. The number of hydrogen-bond donors (Lipinski definition) is 1. The topological polar surface area (TPSA) is 98.3 Å². The van der Waals surface area contributed by atoms with Crippen LogP contribution in [-0.2, 0) is 9.63 Å². The third-order valence-electron chi connectivity index (χ3n) is 1.40. The number of hydroxylamine groups is 1. The van der Waals surface area contributed by atoms with Gasteiger partial charge in [-0.15, -0.1) is 0 Å². The highest BCUT2D eigenvalue weighted by molar-refractivity contribution is 6.00. The summed E-state index contributed by atoms with van der Waals surface area (Å²) in [6, 6.07) is 0. The van der Waals surface area contributed by atoms with E-state index in [4.69, 9.17) is 10.5 Å². The van der Waals surface area contributed by atoms with Crippen molar-refractivity contribution in [3.8, 4) is 12.4 Å². The van der Waals surface area contributed by atoms with Gasteiger partial charge in [0.2, 0.25) is 12.4 Å². The molecule has 0 bridgehead atoms. The molecule has 13 heavy (non-hydrogen) atoms. The molecule has 1 unspecified atom stereocenters. The van der Waals surface area contributed by atoms with Crippen molar-refractivity contribution in [2.75, 3.05) is 0 Å². The molecule has 0 aromatic rings. The number of nitriles is 2. The number of nitrogens with zero attached hydrogens (tertiary/aromatic N) is 3. The lowest BCUT2D eigenvalue weighted by Gasteiger charge is -2.06. The average Bonchev–Trinajstić information content (AvgIpc) is 2.13. The molecule has 0 aliphatic rings. The van der Waals surface area contributed by atoms with Gasteiger partial charge in [-0.25, -0.2) is 4.79 Å². The Morgan fingerprint density at radius 2 is 2.23 bits per heavy atom. The summed E-state index contributed by atoms with van der Waals surface area (Å²) < 4.78 is 0. The molecule has 1 atom stereocenters. The van der Waals surface area contributed by atoms with Gasteiger partial charge in [0.1, 0.15) is 0 Å². The number of nitrogens with one attached hydrogen (secondary N) is 1. The first-order valence-corrected chi connectivity index (χ1v) is 3.41. The predicted molar refractivity (Wildman–Crippen MR) is 42.7 cm³/mol. The molecule has 0 radical (unpaired) electrons. The Balaban J connectivity index is 4.21. The van der Waals surface area contributed by atoms with Gasteiger partial charge in [0, 0.05) is 5.71 Å². The second-order valence-electron chi connectivity index (χ2n) is 2.21. The smallest absolute Gasteiger partial charge is 0.333 e. The van der Waals surface area contributed by atoms with Gasteiger partial charge in [0.15, 0.2) is 0 Å². The molecular weight excluding hydrogens is 172 g/mol. The Hall–Kier alpha value is -2.08. The summed E-state index contributed by atoms with van der Waals surface area (Å²) in [5.41, 5.74) is 2.08. The van der Waals surface area contributed by atoms with Gasteiger partial charge in [-0.05, 0) is 13.8 Å². The van der Waals surface area contributed by atoms with Crippen LogP contribution in [0.15, 0.2) is 4.99 Å². The second kappa shape index (κ2) is 5.56. The molecule has 68 valence electrons. The third-order valence-corrected chi connectivity index (χ3v) is 1.40. The molecule has 0 heterocycles. The maximum Gasteiger partial charge on any atom is 0.341 e. The summed E-state index contributed by atoms with van der Waals surface area (Å²) in [7, 11) is 0. The summed E-state index contributed by atoms with van der Waals surface area (Å²) in [5.74, 6) is -1.29. The van der Waals surface area contributed by atoms with Crippen molar-refractivity contribution < 1.29 is 9.63 Å². The van der Waals surface area contributed by atoms with Crippen LogP contribution in [0.4, 0.5) is 0 Å². The standard InChI is InChI=1S/C7H8N4O2/c1-5(6(2)10-3-8)7(12)13-11-4-9/h5,11H,1-2H3. The summed E-state index contributed by atoms with van der Waals surface area (Å²) in [6.45, 7) is 3.05. The van der Waals surface area contributed by atoms with Crippen LogP contribution in [0.5, 0.6) is 0 Å². The van der Waals surface area contributed by atoms with E-state index < -0.39 is 11.9 Å². The SMILES string of the molecule is CC(=NC#N)C(C)C(=O)ONC#N. The number of carbonyl (C=O) groups excluding carboxylic acids is 1. The second-order valence-corrected chi connectivity index (χ2v) is 2.21. The minimum atomic E-state index is -0.655. The van der Waals surface area contributed by atoms with Crippen molar-refractivity contribution in [2.24, 2.45) is 10.9 Å². The fourth-order valence-electron chi connectivity index (χ4n) is 0.508. The first-order chi connectivity index (χ1) is 6.13. The van der Waals surface area contributed by atoms with Gasteiger partial charge in [0.05, 0.1) is 5.92 Å². The summed E-state index contributed by atoms with van der Waals surface area (Å²) in [6.07, 6.45) is 2.98. The zero-order valence-corrected chi connectivity index (χ0v) is 7.24. The van der Waals surface area contributed by atoms with Crippen molar-refractivity contribution >= 4 is 11.7 Å². The Kier molecular flexibility index (Phi) is 4.67. The fourth-order valence-corrected chi connectivity index (χ4v) is 0.508. The minimum Gasteiger partial charge on any atom is -0.333 e. The van der Waals surface area contributed by atoms with Gasteiger partial charge in [-0.2, -0.15) is 21.0 Å². The van der Waals surface area contributed by atoms with Crippen molar-refractivity contribution in [3.63, 3.8) is 0 Å². The summed E-state index contributed by atoms with van der Waals surface area (Å²) in [5, 5.41) is 16.2. The van der Waals surface area contributed by atoms with Crippen LogP contribution in [0, 0.1) is 28.8 Å². The largest absolute Gasteiger partial charge is 0.341 e. The molecule has 0 aromatic heterocycles. The predicted octanol–water partition coefficient (Wildman–Crippen LogP) is 0.0934. The average molecular weight is 180 g/mol. The number of rotatable bonds is 3. The van der Waals surface area contributed by atoms with Crippen molar-refractivity contribution in [1.29, 1.82) is 10.5 Å². The molecule has 6 nitrogen and oxygen atoms in total. The van der Waals surface area contributed by atoms with Crippen LogP contribution in [0.1, 0.15) is 13.8 Å². The van der Waals surface area contributed by atoms with E-state index in [1.165, 1.54) is 20.0 Å². The van der Waals surface area contributed by atoms with Crippen LogP contribution in [0.3, 0.4) is 0 Å². The Labute approximate surface area is 75.4 Å². The van der Waals surface area contributed by atoms with Gasteiger partial charge >= 0.3 is 5.97 Å². The van der Waals surface area contributed by atoms with Crippen LogP contribution in [0.2, 0.25) is 0 Å². The fraction of sp³-hybridized carbons (Fsp3) is 0.429. The van der Waals surface area contributed by atoms with Gasteiger partial charge < -0.3 is 4.84 Å². The lowest BCUT2D eigenvalue weighted by atomic mass is 10.1. The first-order valence-electron chi connectivity index (χ1n) is 3.41. The summed E-state index contributed by atoms with van der Waals surface area (Å²) >= 11 is 0. The molecular formula is C7H8N4O2. The van der Waals surface area contributed by atoms with E-state index in [2.05, 4.69) is 9.83 Å². The molecule has 0 aliphatic carbocycles. The van der Waals surface area contributed by atoms with Gasteiger partial charge in [-0.3, -0.25) is 0 Å². The third kappa shape index (κ3) is 3.73. The molecule has 0 fully saturated rings. The molecule has 6 heteroatoms. The van der Waals surface area contributed by atoms with E-state index in [-0.39, 0.29) is 0 Å². The van der Waals surface area contributed by atoms with Crippen LogP contribution in [0.25, 0.3) is 0 Å². The van der Waals surface area contributed by atoms with E-state index in [0.717, 1.165) is 0 Å². The maximum absolute atomic E-state index is 11.0. The molecule has 0 aromatic carbocycles. The van der Waals surface area contributed by atoms with Gasteiger partial charge in [0.25, 0.3) is 0 Å². The zero-order valence-electron chi connectivity index (χ0n) is 7.24. The number of hydrogen-bond acceptors (Lipinski definition) is 6. The normalized spacial score (nSPS) is 12.2. The minimum absolute atomic E-state index is 0.340. The molecule has 0 rings (SSSR count). The number of carbonyl (C=O) groups is 1. The highest BCUT2D eigenvalue weighted by Crippen LogP contribution is 2.00. The lowest BCUT2D eigenvalue weighted by molar-refractivity contribution is -0.150. The van der Waals surface area contributed by atoms with Crippen molar-refractivity contribution in [1.82, 2.24) is 5.48 Å². The van der Waals surface area contributed by atoms with Crippen LogP contribution in [-0.4, -0.2) is 11.7 Å². The van der Waals surface area contributed by atoms with E-state index in [1.807, 2.05) is 0 Å². The molecule has 0 amide bonds. The highest BCUT2D eigenvalue weighted by atomic mass is 16.7. The zero-order chi connectivity index (χ0) is 10.3. The Morgan fingerprint density at radius 3 is 2.69 bits per heavy atom. The maximum atomic E-state index is 11.0. The Bertz CT molecular complexity index is 297. The van der Waals surface area contributed by atoms with Gasteiger partial charge in [-0.1, -0.05) is 0 Å². The molecule has 0 spiro atoms. The highest BCUT2D eigenvalue weighted by Gasteiger charge is 2.17. The van der Waals surface area contributed by atoms with Crippen molar-refractivity contribution in [3.05, 3.63) is 0 Å². The quantitative estimate of drug-likeness (QED) is 0.287. The summed E-state index contributed by atoms with van der Waals surface area (Å²) in [4.78, 5) is 18.6. The molecule has 0 aliphatic heterocycles.